The molecule has 3 heterocycles. The van der Waals surface area contributed by atoms with Gasteiger partial charge in [-0.25, -0.2) is 13.8 Å². The van der Waals surface area contributed by atoms with Crippen LogP contribution in [0.2, 0.25) is 0 Å². The van der Waals surface area contributed by atoms with E-state index in [2.05, 4.69) is 39.3 Å². The molecule has 0 aliphatic carbocycles. The van der Waals surface area contributed by atoms with E-state index in [0.717, 1.165) is 48.1 Å². The van der Waals surface area contributed by atoms with Gasteiger partial charge in [-0.15, -0.1) is 0 Å². The molecule has 0 unspecified atom stereocenters. The van der Waals surface area contributed by atoms with E-state index < -0.39 is 11.6 Å². The molecular weight excluding hydrogens is 408 g/mol. The number of imidazole rings is 1. The van der Waals surface area contributed by atoms with E-state index >= 15 is 0 Å². The number of likely N-dealkylation sites (tertiary alicyclic amines) is 1. The summed E-state index contributed by atoms with van der Waals surface area (Å²) in [4.78, 5) is 10.5. The molecule has 5 rings (SSSR count). The van der Waals surface area contributed by atoms with E-state index in [-0.39, 0.29) is 5.56 Å². The number of halogens is 2. The summed E-state index contributed by atoms with van der Waals surface area (Å²) in [5.74, 6) is -0.352. The summed E-state index contributed by atoms with van der Waals surface area (Å²) in [7, 11) is 2.18. The first-order chi connectivity index (χ1) is 15.6. The molecule has 0 spiro atoms. The Kier molecular flexibility index (Phi) is 5.57. The number of benzene rings is 2. The van der Waals surface area contributed by atoms with Gasteiger partial charge in [-0.3, -0.25) is 5.10 Å². The number of hydrogen-bond acceptors (Lipinski definition) is 3. The molecule has 0 bridgehead atoms. The lowest BCUT2D eigenvalue weighted by atomic mass is 9.90. The molecule has 32 heavy (non-hydrogen) atoms. The molecule has 0 radical (unpaired) electrons. The standard InChI is InChI=1S/C25H25F2N5/c1-32-11-9-16(10-12-32)13-17-5-8-21-22(14-17)30-25(29-21)24-19(15-28-31-24)7-6-18-3-2-4-20(26)23(18)27/h2-8,14-16H,9-13H2,1H3,(H,28,31)(H,29,30)/b7-6+. The third kappa shape index (κ3) is 4.21. The molecule has 0 atom stereocenters. The Labute approximate surface area is 185 Å². The van der Waals surface area contributed by atoms with Crippen LogP contribution in [0.1, 0.15) is 29.5 Å². The fourth-order valence-electron chi connectivity index (χ4n) is 4.34. The van der Waals surface area contributed by atoms with Gasteiger partial charge in [-0.1, -0.05) is 30.4 Å². The Morgan fingerprint density at radius 2 is 1.91 bits per heavy atom. The topological polar surface area (TPSA) is 60.6 Å². The van der Waals surface area contributed by atoms with Crippen LogP contribution in [-0.4, -0.2) is 45.2 Å². The van der Waals surface area contributed by atoms with Crippen molar-refractivity contribution in [3.8, 4) is 11.5 Å². The maximum absolute atomic E-state index is 13.9. The highest BCUT2D eigenvalue weighted by Gasteiger charge is 2.18. The summed E-state index contributed by atoms with van der Waals surface area (Å²) in [5.41, 5.74) is 4.79. The number of fused-ring (bicyclic) bond motifs is 1. The largest absolute Gasteiger partial charge is 0.337 e. The van der Waals surface area contributed by atoms with Crippen LogP contribution in [0.25, 0.3) is 34.7 Å². The molecule has 1 saturated heterocycles. The second kappa shape index (κ2) is 8.67. The molecular formula is C25H25F2N5. The van der Waals surface area contributed by atoms with Gasteiger partial charge in [0.05, 0.1) is 17.2 Å². The maximum Gasteiger partial charge on any atom is 0.166 e. The Morgan fingerprint density at radius 1 is 1.09 bits per heavy atom. The Morgan fingerprint density at radius 3 is 2.75 bits per heavy atom. The minimum atomic E-state index is -0.868. The quantitative estimate of drug-likeness (QED) is 0.450. The summed E-state index contributed by atoms with van der Waals surface area (Å²) < 4.78 is 27.4. The van der Waals surface area contributed by atoms with Gasteiger partial charge in [-0.2, -0.15) is 5.10 Å². The van der Waals surface area contributed by atoms with Crippen molar-refractivity contribution in [3.63, 3.8) is 0 Å². The Bertz CT molecular complexity index is 1260. The summed E-state index contributed by atoms with van der Waals surface area (Å²) in [6, 6.07) is 10.5. The van der Waals surface area contributed by atoms with Gasteiger partial charge >= 0.3 is 0 Å². The van der Waals surface area contributed by atoms with Crippen molar-refractivity contribution in [1.82, 2.24) is 25.1 Å². The fraction of sp³-hybridized carbons (Fsp3) is 0.280. The third-order valence-corrected chi connectivity index (χ3v) is 6.24. The molecule has 1 aliphatic rings. The van der Waals surface area contributed by atoms with Crippen molar-refractivity contribution in [1.29, 1.82) is 0 Å². The van der Waals surface area contributed by atoms with Crippen LogP contribution in [0.4, 0.5) is 8.78 Å². The van der Waals surface area contributed by atoms with Crippen LogP contribution < -0.4 is 0 Å². The monoisotopic (exact) mass is 433 g/mol. The average Bonchev–Trinajstić information content (AvgIpc) is 3.42. The van der Waals surface area contributed by atoms with E-state index in [9.17, 15) is 8.78 Å². The average molecular weight is 434 g/mol. The number of aromatic amines is 2. The van der Waals surface area contributed by atoms with E-state index in [1.54, 1.807) is 12.3 Å². The van der Waals surface area contributed by atoms with Crippen LogP contribution in [0.15, 0.2) is 42.6 Å². The van der Waals surface area contributed by atoms with Crippen molar-refractivity contribution in [2.24, 2.45) is 5.92 Å². The van der Waals surface area contributed by atoms with Gasteiger partial charge in [0.1, 0.15) is 5.69 Å². The zero-order valence-electron chi connectivity index (χ0n) is 17.9. The minimum Gasteiger partial charge on any atom is -0.337 e. The lowest BCUT2D eigenvalue weighted by Gasteiger charge is -2.28. The lowest BCUT2D eigenvalue weighted by Crippen LogP contribution is -2.30. The number of nitrogens with one attached hydrogen (secondary N) is 2. The highest BCUT2D eigenvalue weighted by atomic mass is 19.2. The molecule has 1 aliphatic heterocycles. The molecule has 2 aromatic carbocycles. The molecule has 0 saturated carbocycles. The molecule has 1 fully saturated rings. The van der Waals surface area contributed by atoms with Gasteiger partial charge in [0.2, 0.25) is 0 Å². The highest BCUT2D eigenvalue weighted by Crippen LogP contribution is 2.26. The van der Waals surface area contributed by atoms with Gasteiger partial charge in [0.25, 0.3) is 0 Å². The number of H-pyrrole nitrogens is 2. The second-order valence-electron chi connectivity index (χ2n) is 8.56. The van der Waals surface area contributed by atoms with Crippen LogP contribution in [0, 0.1) is 17.6 Å². The van der Waals surface area contributed by atoms with Crippen molar-refractivity contribution in [2.75, 3.05) is 20.1 Å². The maximum atomic E-state index is 13.9. The summed E-state index contributed by atoms with van der Waals surface area (Å²) in [6.45, 7) is 2.33. The molecule has 7 heteroatoms. The number of nitrogens with zero attached hydrogens (tertiary/aromatic N) is 3. The predicted molar refractivity (Wildman–Crippen MR) is 123 cm³/mol. The molecule has 2 aromatic heterocycles. The highest BCUT2D eigenvalue weighted by molar-refractivity contribution is 5.82. The molecule has 5 nitrogen and oxygen atoms in total. The van der Waals surface area contributed by atoms with Crippen molar-refractivity contribution < 1.29 is 8.78 Å². The first-order valence-electron chi connectivity index (χ1n) is 10.9. The van der Waals surface area contributed by atoms with Crippen LogP contribution in [0.3, 0.4) is 0 Å². The van der Waals surface area contributed by atoms with Gasteiger partial charge in [0, 0.05) is 11.1 Å². The summed E-state index contributed by atoms with van der Waals surface area (Å²) in [5, 5.41) is 7.08. The molecule has 2 N–H and O–H groups in total. The van der Waals surface area contributed by atoms with Crippen molar-refractivity contribution >= 4 is 23.2 Å². The second-order valence-corrected chi connectivity index (χ2v) is 8.56. The molecule has 164 valence electrons. The zero-order valence-corrected chi connectivity index (χ0v) is 17.9. The number of rotatable bonds is 5. The predicted octanol–water partition coefficient (Wildman–Crippen LogP) is 5.29. The van der Waals surface area contributed by atoms with E-state index in [4.69, 9.17) is 4.98 Å². The van der Waals surface area contributed by atoms with Crippen molar-refractivity contribution in [2.45, 2.75) is 19.3 Å². The van der Waals surface area contributed by atoms with E-state index in [1.165, 1.54) is 36.6 Å². The third-order valence-electron chi connectivity index (χ3n) is 6.24. The van der Waals surface area contributed by atoms with E-state index in [0.29, 0.717) is 11.5 Å². The Balaban J connectivity index is 1.38. The van der Waals surface area contributed by atoms with Crippen LogP contribution in [0.5, 0.6) is 0 Å². The normalized spacial score (nSPS) is 15.8. The smallest absolute Gasteiger partial charge is 0.166 e. The fourth-order valence-corrected chi connectivity index (χ4v) is 4.34. The van der Waals surface area contributed by atoms with Gasteiger partial charge < -0.3 is 9.88 Å². The first-order valence-corrected chi connectivity index (χ1v) is 10.9. The summed E-state index contributed by atoms with van der Waals surface area (Å²) in [6.07, 6.45) is 8.43. The lowest BCUT2D eigenvalue weighted by molar-refractivity contribution is 0.219. The number of hydrogen-bond donors (Lipinski definition) is 2. The minimum absolute atomic E-state index is 0.181. The van der Waals surface area contributed by atoms with Crippen molar-refractivity contribution in [3.05, 3.63) is 70.9 Å². The van der Waals surface area contributed by atoms with Crippen LogP contribution >= 0.6 is 0 Å². The first kappa shape index (κ1) is 20.6. The zero-order chi connectivity index (χ0) is 22.1. The number of aromatic nitrogens is 4. The summed E-state index contributed by atoms with van der Waals surface area (Å²) >= 11 is 0. The Hall–Kier alpha value is -3.32. The van der Waals surface area contributed by atoms with Gasteiger partial charge in [0.15, 0.2) is 17.5 Å². The van der Waals surface area contributed by atoms with Crippen LogP contribution in [-0.2, 0) is 6.42 Å². The van der Waals surface area contributed by atoms with E-state index in [1.807, 2.05) is 6.07 Å². The van der Waals surface area contributed by atoms with Gasteiger partial charge in [-0.05, 0) is 69.1 Å². The number of piperidine rings is 1. The SMILES string of the molecule is CN1CCC(Cc2ccc3nc(-c4[nH]ncc4/C=C/c4cccc(F)c4F)[nH]c3c2)CC1. The molecule has 4 aromatic rings. The molecule has 0 amide bonds.